The molecule has 0 atom stereocenters. The molecule has 0 saturated carbocycles. The van der Waals surface area contributed by atoms with Gasteiger partial charge in [0, 0.05) is 18.5 Å². The van der Waals surface area contributed by atoms with Gasteiger partial charge in [0.05, 0.1) is 17.0 Å². The number of aromatic nitrogens is 3. The highest BCUT2D eigenvalue weighted by Crippen LogP contribution is 2.28. The van der Waals surface area contributed by atoms with E-state index in [0.29, 0.717) is 17.6 Å². The van der Waals surface area contributed by atoms with Crippen LogP contribution >= 0.6 is 23.1 Å². The van der Waals surface area contributed by atoms with Gasteiger partial charge in [-0.1, -0.05) is 30.0 Å². The molecule has 3 aromatic rings. The number of carbonyl (C=O) groups is 1. The predicted octanol–water partition coefficient (Wildman–Crippen LogP) is 3.06. The molecule has 0 unspecified atom stereocenters. The fourth-order valence-corrected chi connectivity index (χ4v) is 3.86. The van der Waals surface area contributed by atoms with Crippen LogP contribution in [0.5, 0.6) is 0 Å². The van der Waals surface area contributed by atoms with Crippen LogP contribution in [0.2, 0.25) is 0 Å². The summed E-state index contributed by atoms with van der Waals surface area (Å²) in [5.41, 5.74) is -0.114. The Balaban J connectivity index is 1.66. The van der Waals surface area contributed by atoms with Crippen molar-refractivity contribution in [2.45, 2.75) is 17.2 Å². The highest BCUT2D eigenvalue weighted by molar-refractivity contribution is 7.99. The zero-order chi connectivity index (χ0) is 19.4. The highest BCUT2D eigenvalue weighted by Gasteiger charge is 2.16. The molecular formula is C17H16F2N4O2S2. The van der Waals surface area contributed by atoms with Crippen LogP contribution in [0, 0.1) is 0 Å². The molecule has 1 N–H and O–H groups in total. The molecule has 142 valence electrons. The van der Waals surface area contributed by atoms with Gasteiger partial charge in [-0.15, -0.1) is 16.4 Å². The van der Waals surface area contributed by atoms with Crippen molar-refractivity contribution in [2.75, 3.05) is 6.54 Å². The van der Waals surface area contributed by atoms with Gasteiger partial charge in [-0.2, -0.15) is 8.78 Å². The number of alkyl halides is 2. The molecule has 0 radical (unpaired) electrons. The van der Waals surface area contributed by atoms with E-state index in [1.165, 1.54) is 32.7 Å². The maximum atomic E-state index is 12.6. The first-order valence-electron chi connectivity index (χ1n) is 7.97. The third-order valence-electron chi connectivity index (χ3n) is 3.74. The van der Waals surface area contributed by atoms with Gasteiger partial charge in [0.1, 0.15) is 0 Å². The average molecular weight is 410 g/mol. The molecule has 0 fully saturated rings. The fourth-order valence-electron chi connectivity index (χ4n) is 2.48. The van der Waals surface area contributed by atoms with Crippen molar-refractivity contribution in [3.63, 3.8) is 0 Å². The molecule has 2 heterocycles. The van der Waals surface area contributed by atoms with Gasteiger partial charge < -0.3 is 5.32 Å². The van der Waals surface area contributed by atoms with E-state index in [4.69, 9.17) is 0 Å². The minimum atomic E-state index is -2.61. The lowest BCUT2D eigenvalue weighted by atomic mass is 10.2. The maximum absolute atomic E-state index is 12.6. The second-order valence-corrected chi connectivity index (χ2v) is 7.48. The van der Waals surface area contributed by atoms with Crippen molar-refractivity contribution >= 4 is 29.0 Å². The van der Waals surface area contributed by atoms with Crippen molar-refractivity contribution in [3.05, 3.63) is 57.8 Å². The Hall–Kier alpha value is -2.46. The molecule has 1 aromatic carbocycles. The monoisotopic (exact) mass is 410 g/mol. The van der Waals surface area contributed by atoms with Crippen LogP contribution in [0.15, 0.2) is 51.5 Å². The van der Waals surface area contributed by atoms with E-state index in [-0.39, 0.29) is 29.2 Å². The van der Waals surface area contributed by atoms with Crippen molar-refractivity contribution in [1.82, 2.24) is 19.7 Å². The molecule has 1 amide bonds. The molecule has 3 rings (SSSR count). The maximum Gasteiger partial charge on any atom is 0.346 e. The van der Waals surface area contributed by atoms with Gasteiger partial charge in [-0.25, -0.2) is 9.48 Å². The minimum absolute atomic E-state index is 0.146. The molecule has 0 aliphatic heterocycles. The number of thiophene rings is 1. The van der Waals surface area contributed by atoms with E-state index in [1.54, 1.807) is 19.2 Å². The number of carbonyl (C=O) groups excluding carboxylic acids is 1. The third kappa shape index (κ3) is 4.45. The fraction of sp³-hybridized carbons (Fsp3) is 0.235. The molecule has 10 heteroatoms. The van der Waals surface area contributed by atoms with Crippen LogP contribution in [-0.2, 0) is 13.6 Å². The average Bonchev–Trinajstić information content (AvgIpc) is 3.25. The van der Waals surface area contributed by atoms with Gasteiger partial charge in [0.15, 0.2) is 5.82 Å². The number of nitrogens with zero attached hydrogens (tertiary/aromatic N) is 3. The van der Waals surface area contributed by atoms with E-state index in [0.717, 1.165) is 4.88 Å². The summed E-state index contributed by atoms with van der Waals surface area (Å²) < 4.78 is 28.0. The summed E-state index contributed by atoms with van der Waals surface area (Å²) in [5.74, 6) is -2.53. The number of benzene rings is 1. The summed E-state index contributed by atoms with van der Waals surface area (Å²) in [4.78, 5) is 25.7. The van der Waals surface area contributed by atoms with E-state index in [9.17, 15) is 18.4 Å². The van der Waals surface area contributed by atoms with Crippen molar-refractivity contribution in [3.8, 4) is 10.7 Å². The van der Waals surface area contributed by atoms with E-state index >= 15 is 0 Å². The first kappa shape index (κ1) is 19.3. The van der Waals surface area contributed by atoms with Crippen molar-refractivity contribution in [1.29, 1.82) is 0 Å². The minimum Gasteiger partial charge on any atom is -0.350 e. The normalized spacial score (nSPS) is 11.1. The Morgan fingerprint density at radius 2 is 2.07 bits per heavy atom. The number of halogens is 2. The third-order valence-corrected chi connectivity index (χ3v) is 5.39. The van der Waals surface area contributed by atoms with Crippen LogP contribution in [0.3, 0.4) is 0 Å². The Kier molecular flexibility index (Phi) is 6.07. The summed E-state index contributed by atoms with van der Waals surface area (Å²) in [7, 11) is 1.64. The quantitative estimate of drug-likeness (QED) is 0.608. The molecule has 0 aliphatic carbocycles. The van der Waals surface area contributed by atoms with E-state index in [2.05, 4.69) is 10.4 Å². The molecule has 6 nitrogen and oxygen atoms in total. The lowest BCUT2D eigenvalue weighted by Gasteiger charge is -2.09. The van der Waals surface area contributed by atoms with Crippen molar-refractivity contribution in [2.24, 2.45) is 7.05 Å². The number of rotatable bonds is 7. The largest absolute Gasteiger partial charge is 0.350 e. The van der Waals surface area contributed by atoms with E-state index in [1.807, 2.05) is 17.5 Å². The molecular weight excluding hydrogens is 394 g/mol. The smallest absolute Gasteiger partial charge is 0.346 e. The van der Waals surface area contributed by atoms with Crippen LogP contribution in [-0.4, -0.2) is 32.6 Å². The molecule has 0 aliphatic rings. The number of hydrogen-bond donors (Lipinski definition) is 1. The Labute approximate surface area is 161 Å². The van der Waals surface area contributed by atoms with Gasteiger partial charge in [0.25, 0.3) is 11.7 Å². The van der Waals surface area contributed by atoms with Crippen molar-refractivity contribution < 1.29 is 13.6 Å². The summed E-state index contributed by atoms with van der Waals surface area (Å²) in [6, 6.07) is 9.92. The summed E-state index contributed by atoms with van der Waals surface area (Å²) in [6.45, 7) is 0.321. The molecule has 0 bridgehead atoms. The Bertz CT molecular complexity index is 983. The van der Waals surface area contributed by atoms with E-state index < -0.39 is 11.7 Å². The van der Waals surface area contributed by atoms with Crippen LogP contribution in [0.1, 0.15) is 10.4 Å². The molecule has 0 saturated heterocycles. The second-order valence-electron chi connectivity index (χ2n) is 5.50. The number of thioether (sulfide) groups is 1. The summed E-state index contributed by atoms with van der Waals surface area (Å²) in [5, 5.41) is 8.85. The second kappa shape index (κ2) is 8.49. The lowest BCUT2D eigenvalue weighted by molar-refractivity contribution is 0.0949. The number of amides is 1. The SMILES string of the molecule is Cn1c(-c2cccs2)nn(CCNC(=O)c2ccccc2SC(F)F)c1=O. The zero-order valence-corrected chi connectivity index (χ0v) is 15.9. The first-order chi connectivity index (χ1) is 13.0. The number of nitrogens with one attached hydrogen (secondary N) is 1. The highest BCUT2D eigenvalue weighted by atomic mass is 32.2. The lowest BCUT2D eigenvalue weighted by Crippen LogP contribution is -2.32. The van der Waals surface area contributed by atoms with Gasteiger partial charge in [-0.3, -0.25) is 9.36 Å². The zero-order valence-electron chi connectivity index (χ0n) is 14.3. The summed E-state index contributed by atoms with van der Waals surface area (Å²) >= 11 is 1.80. The molecule has 0 spiro atoms. The topological polar surface area (TPSA) is 68.9 Å². The molecule has 27 heavy (non-hydrogen) atoms. The standard InChI is InChI=1S/C17H16F2N4O2S2/c1-22-14(13-7-4-10-26-13)21-23(17(22)25)9-8-20-15(24)11-5-2-3-6-12(11)27-16(18)19/h2-7,10,16H,8-9H2,1H3,(H,20,24). The Morgan fingerprint density at radius 1 is 1.30 bits per heavy atom. The number of hydrogen-bond acceptors (Lipinski definition) is 5. The molecule has 2 aromatic heterocycles. The van der Waals surface area contributed by atoms with Gasteiger partial charge in [-0.05, 0) is 23.6 Å². The summed E-state index contributed by atoms with van der Waals surface area (Å²) in [6.07, 6.45) is 0. The Morgan fingerprint density at radius 3 is 2.78 bits per heavy atom. The van der Waals surface area contributed by atoms with Gasteiger partial charge in [0.2, 0.25) is 0 Å². The predicted molar refractivity (Wildman–Crippen MR) is 101 cm³/mol. The van der Waals surface area contributed by atoms with Crippen LogP contribution in [0.25, 0.3) is 10.7 Å². The van der Waals surface area contributed by atoms with Gasteiger partial charge >= 0.3 is 5.69 Å². The van der Waals surface area contributed by atoms with Crippen LogP contribution < -0.4 is 11.0 Å². The first-order valence-corrected chi connectivity index (χ1v) is 9.73. The van der Waals surface area contributed by atoms with Crippen LogP contribution in [0.4, 0.5) is 8.78 Å².